The van der Waals surface area contributed by atoms with Crippen LogP contribution in [0.15, 0.2) is 18.2 Å². The highest BCUT2D eigenvalue weighted by molar-refractivity contribution is 5.22. The minimum atomic E-state index is -0.784. The van der Waals surface area contributed by atoms with Crippen molar-refractivity contribution in [3.63, 3.8) is 0 Å². The Morgan fingerprint density at radius 2 is 1.75 bits per heavy atom. The second-order valence-corrected chi connectivity index (χ2v) is 4.57. The fourth-order valence-electron chi connectivity index (χ4n) is 2.44. The number of benzene rings is 1. The molecular formula is C13H16F2O. The van der Waals surface area contributed by atoms with Gasteiger partial charge in [0.05, 0.1) is 0 Å². The third kappa shape index (κ3) is 2.40. The Kier molecular flexibility index (Phi) is 3.54. The maximum absolute atomic E-state index is 13.1. The molecule has 1 aromatic carbocycles. The zero-order chi connectivity index (χ0) is 11.5. The van der Waals surface area contributed by atoms with Gasteiger partial charge in [0.25, 0.3) is 0 Å². The standard InChI is InChI=1S/C13H16F2O/c14-12-6-5-11(7-13(12)15)10-3-1-9(8-16)2-4-10/h5-7,9-10,16H,1-4,8H2. The van der Waals surface area contributed by atoms with Gasteiger partial charge in [-0.15, -0.1) is 0 Å². The van der Waals surface area contributed by atoms with Gasteiger partial charge in [0.1, 0.15) is 0 Å². The summed E-state index contributed by atoms with van der Waals surface area (Å²) in [5.74, 6) is -0.839. The van der Waals surface area contributed by atoms with E-state index in [1.807, 2.05) is 0 Å². The quantitative estimate of drug-likeness (QED) is 0.820. The highest BCUT2D eigenvalue weighted by Crippen LogP contribution is 2.35. The normalized spacial score (nSPS) is 25.7. The largest absolute Gasteiger partial charge is 0.396 e. The van der Waals surface area contributed by atoms with Crippen LogP contribution in [0.2, 0.25) is 0 Å². The summed E-state index contributed by atoms with van der Waals surface area (Å²) in [6.07, 6.45) is 3.85. The number of hydrogen-bond acceptors (Lipinski definition) is 1. The molecule has 0 atom stereocenters. The van der Waals surface area contributed by atoms with Crippen LogP contribution in [0.4, 0.5) is 8.78 Å². The number of aliphatic hydroxyl groups is 1. The lowest BCUT2D eigenvalue weighted by molar-refractivity contribution is 0.182. The van der Waals surface area contributed by atoms with Crippen molar-refractivity contribution in [1.29, 1.82) is 0 Å². The Labute approximate surface area is 94.1 Å². The van der Waals surface area contributed by atoms with E-state index in [0.29, 0.717) is 11.8 Å². The van der Waals surface area contributed by atoms with Gasteiger partial charge in [-0.2, -0.15) is 0 Å². The molecule has 1 nitrogen and oxygen atoms in total. The number of rotatable bonds is 2. The molecule has 0 aliphatic heterocycles. The van der Waals surface area contributed by atoms with Crippen molar-refractivity contribution in [2.24, 2.45) is 5.92 Å². The van der Waals surface area contributed by atoms with Crippen LogP contribution in [0.5, 0.6) is 0 Å². The summed E-state index contributed by atoms with van der Waals surface area (Å²) >= 11 is 0. The van der Waals surface area contributed by atoms with Crippen molar-refractivity contribution in [2.75, 3.05) is 6.61 Å². The third-order valence-electron chi connectivity index (χ3n) is 3.52. The molecule has 0 aromatic heterocycles. The molecule has 0 spiro atoms. The van der Waals surface area contributed by atoms with Gasteiger partial charge in [-0.05, 0) is 55.2 Å². The highest BCUT2D eigenvalue weighted by Gasteiger charge is 2.22. The van der Waals surface area contributed by atoms with Gasteiger partial charge in [-0.3, -0.25) is 0 Å². The second kappa shape index (κ2) is 4.91. The molecule has 1 aliphatic rings. The summed E-state index contributed by atoms with van der Waals surface area (Å²) in [5.41, 5.74) is 0.885. The molecule has 1 aromatic rings. The minimum absolute atomic E-state index is 0.241. The van der Waals surface area contributed by atoms with E-state index in [4.69, 9.17) is 5.11 Å². The average Bonchev–Trinajstić information content (AvgIpc) is 2.33. The molecule has 0 radical (unpaired) electrons. The lowest BCUT2D eigenvalue weighted by Crippen LogP contribution is -2.16. The molecule has 3 heteroatoms. The van der Waals surface area contributed by atoms with Crippen LogP contribution in [-0.4, -0.2) is 11.7 Å². The lowest BCUT2D eigenvalue weighted by Gasteiger charge is -2.27. The predicted molar refractivity (Wildman–Crippen MR) is 58.1 cm³/mol. The van der Waals surface area contributed by atoms with E-state index in [1.165, 1.54) is 12.1 Å². The first-order chi connectivity index (χ1) is 7.70. The Hall–Kier alpha value is -0.960. The van der Waals surface area contributed by atoms with Gasteiger partial charge >= 0.3 is 0 Å². The highest BCUT2D eigenvalue weighted by atomic mass is 19.2. The summed E-state index contributed by atoms with van der Waals surface area (Å²) in [4.78, 5) is 0. The molecule has 2 rings (SSSR count). The number of halogens is 2. The smallest absolute Gasteiger partial charge is 0.159 e. The molecule has 1 aliphatic carbocycles. The summed E-state index contributed by atoms with van der Waals surface area (Å²) in [7, 11) is 0. The van der Waals surface area contributed by atoms with Crippen LogP contribution in [0.1, 0.15) is 37.2 Å². The molecular weight excluding hydrogens is 210 g/mol. The SMILES string of the molecule is OCC1CCC(c2ccc(F)c(F)c2)CC1. The monoisotopic (exact) mass is 226 g/mol. The zero-order valence-electron chi connectivity index (χ0n) is 9.13. The van der Waals surface area contributed by atoms with E-state index < -0.39 is 11.6 Å². The van der Waals surface area contributed by atoms with E-state index in [0.717, 1.165) is 31.2 Å². The molecule has 0 saturated heterocycles. The van der Waals surface area contributed by atoms with Crippen molar-refractivity contribution in [3.05, 3.63) is 35.4 Å². The zero-order valence-corrected chi connectivity index (χ0v) is 9.13. The van der Waals surface area contributed by atoms with Gasteiger partial charge in [-0.25, -0.2) is 8.78 Å². The fourth-order valence-corrected chi connectivity index (χ4v) is 2.44. The molecule has 88 valence electrons. The first kappa shape index (κ1) is 11.5. The van der Waals surface area contributed by atoms with Crippen LogP contribution >= 0.6 is 0 Å². The first-order valence-electron chi connectivity index (χ1n) is 5.76. The van der Waals surface area contributed by atoms with E-state index in [9.17, 15) is 8.78 Å². The van der Waals surface area contributed by atoms with E-state index >= 15 is 0 Å². The Bertz CT molecular complexity index is 357. The molecule has 0 unspecified atom stereocenters. The molecule has 16 heavy (non-hydrogen) atoms. The van der Waals surface area contributed by atoms with Crippen molar-refractivity contribution >= 4 is 0 Å². The van der Waals surface area contributed by atoms with Gasteiger partial charge < -0.3 is 5.11 Å². The Morgan fingerprint density at radius 3 is 2.31 bits per heavy atom. The Balaban J connectivity index is 2.05. The summed E-state index contributed by atoms with van der Waals surface area (Å²) in [6.45, 7) is 0.241. The van der Waals surface area contributed by atoms with Crippen molar-refractivity contribution in [1.82, 2.24) is 0 Å². The molecule has 0 amide bonds. The second-order valence-electron chi connectivity index (χ2n) is 4.57. The minimum Gasteiger partial charge on any atom is -0.396 e. The molecule has 0 bridgehead atoms. The predicted octanol–water partition coefficient (Wildman–Crippen LogP) is 3.23. The topological polar surface area (TPSA) is 20.2 Å². The summed E-state index contributed by atoms with van der Waals surface area (Å²) in [5, 5.41) is 9.02. The van der Waals surface area contributed by atoms with Gasteiger partial charge in [0.2, 0.25) is 0 Å². The Morgan fingerprint density at radius 1 is 1.06 bits per heavy atom. The molecule has 1 fully saturated rings. The average molecular weight is 226 g/mol. The van der Waals surface area contributed by atoms with Crippen LogP contribution in [-0.2, 0) is 0 Å². The molecule has 1 saturated carbocycles. The van der Waals surface area contributed by atoms with Gasteiger partial charge in [0, 0.05) is 6.61 Å². The first-order valence-corrected chi connectivity index (χ1v) is 5.76. The fraction of sp³-hybridized carbons (Fsp3) is 0.538. The van der Waals surface area contributed by atoms with Crippen LogP contribution in [0.25, 0.3) is 0 Å². The van der Waals surface area contributed by atoms with Crippen LogP contribution in [0, 0.1) is 17.6 Å². The van der Waals surface area contributed by atoms with E-state index in [2.05, 4.69) is 0 Å². The van der Waals surface area contributed by atoms with Gasteiger partial charge in [0.15, 0.2) is 11.6 Å². The molecule has 1 N–H and O–H groups in total. The van der Waals surface area contributed by atoms with Crippen molar-refractivity contribution in [2.45, 2.75) is 31.6 Å². The van der Waals surface area contributed by atoms with Crippen LogP contribution in [0.3, 0.4) is 0 Å². The lowest BCUT2D eigenvalue weighted by atomic mass is 9.79. The van der Waals surface area contributed by atoms with Gasteiger partial charge in [-0.1, -0.05) is 6.07 Å². The molecule has 0 heterocycles. The maximum Gasteiger partial charge on any atom is 0.159 e. The summed E-state index contributed by atoms with van der Waals surface area (Å²) in [6, 6.07) is 4.17. The number of aliphatic hydroxyl groups excluding tert-OH is 1. The maximum atomic E-state index is 13.1. The summed E-state index contributed by atoms with van der Waals surface area (Å²) < 4.78 is 25.8. The van der Waals surface area contributed by atoms with Crippen LogP contribution < -0.4 is 0 Å². The van der Waals surface area contributed by atoms with Crippen molar-refractivity contribution < 1.29 is 13.9 Å². The van der Waals surface area contributed by atoms with E-state index in [-0.39, 0.29) is 6.61 Å². The number of hydrogen-bond donors (Lipinski definition) is 1. The third-order valence-corrected chi connectivity index (χ3v) is 3.52. The van der Waals surface area contributed by atoms with E-state index in [1.54, 1.807) is 6.07 Å². The van der Waals surface area contributed by atoms with Crippen molar-refractivity contribution in [3.8, 4) is 0 Å².